The zero-order valence-electron chi connectivity index (χ0n) is 8.88. The van der Waals surface area contributed by atoms with Crippen molar-refractivity contribution in [2.75, 3.05) is 11.4 Å². The molecule has 0 saturated heterocycles. The molecule has 0 spiro atoms. The molecule has 1 aromatic carbocycles. The topological polar surface area (TPSA) is 27.0 Å². The molecule has 0 radical (unpaired) electrons. The second kappa shape index (κ2) is 5.74. The average Bonchev–Trinajstić information content (AvgIpc) is 2.30. The molecule has 0 saturated carbocycles. The molecule has 2 nitrogen and oxygen atoms in total. The molecule has 0 aliphatic heterocycles. The third kappa shape index (κ3) is 3.37. The Morgan fingerprint density at radius 1 is 1.39 bits per heavy atom. The molecule has 96 valence electrons. The van der Waals surface area contributed by atoms with Gasteiger partial charge >= 0.3 is 6.18 Å². The van der Waals surface area contributed by atoms with Crippen LogP contribution in [0, 0.1) is 17.3 Å². The van der Waals surface area contributed by atoms with Crippen molar-refractivity contribution in [3.05, 3.63) is 41.2 Å². The molecule has 0 aliphatic rings. The Morgan fingerprint density at radius 2 is 2.06 bits per heavy atom. The van der Waals surface area contributed by atoms with E-state index in [0.29, 0.717) is 12.1 Å². The van der Waals surface area contributed by atoms with Gasteiger partial charge in [0, 0.05) is 5.54 Å². The number of benzene rings is 1. The highest BCUT2D eigenvalue weighted by Crippen LogP contribution is 2.33. The van der Waals surface area contributed by atoms with Gasteiger partial charge in [0.25, 0.3) is 0 Å². The van der Waals surface area contributed by atoms with Gasteiger partial charge in [0.15, 0.2) is 6.19 Å². The number of halogens is 5. The highest BCUT2D eigenvalue weighted by Gasteiger charge is 2.34. The number of anilines is 1. The highest BCUT2D eigenvalue weighted by molar-refractivity contribution is 6.25. The first-order valence-corrected chi connectivity index (χ1v) is 5.13. The van der Waals surface area contributed by atoms with Gasteiger partial charge in [-0.2, -0.15) is 18.4 Å². The van der Waals surface area contributed by atoms with E-state index < -0.39 is 17.6 Å². The molecule has 1 rings (SSSR count). The monoisotopic (exact) mass is 278 g/mol. The van der Waals surface area contributed by atoms with Gasteiger partial charge in [-0.25, -0.2) is 4.39 Å². The number of rotatable bonds is 3. The van der Waals surface area contributed by atoms with Crippen LogP contribution in [0.5, 0.6) is 0 Å². The fraction of sp³-hybridized carbons (Fsp3) is 0.182. The minimum atomic E-state index is -4.80. The Labute approximate surface area is 106 Å². The fourth-order valence-corrected chi connectivity index (χ4v) is 1.33. The molecule has 0 atom stereocenters. The molecule has 0 unspecified atom stereocenters. The Hall–Kier alpha value is -1.74. The first-order chi connectivity index (χ1) is 8.40. The molecule has 0 aliphatic carbocycles. The lowest BCUT2D eigenvalue weighted by molar-refractivity contribution is -0.139. The summed E-state index contributed by atoms with van der Waals surface area (Å²) in [7, 11) is 0. The third-order valence-corrected chi connectivity index (χ3v) is 2.24. The van der Waals surface area contributed by atoms with E-state index in [1.54, 1.807) is 6.19 Å². The summed E-state index contributed by atoms with van der Waals surface area (Å²) in [5.41, 5.74) is -0.325. The van der Waals surface area contributed by atoms with E-state index in [1.807, 2.05) is 0 Å². The molecule has 1 aromatic rings. The van der Waals surface area contributed by atoms with Gasteiger partial charge in [0.1, 0.15) is 5.82 Å². The second-order valence-corrected chi connectivity index (χ2v) is 3.49. The molecule has 18 heavy (non-hydrogen) atoms. The van der Waals surface area contributed by atoms with Gasteiger partial charge in [-0.05, 0) is 18.2 Å². The molecule has 0 bridgehead atoms. The van der Waals surface area contributed by atoms with Crippen LogP contribution in [-0.4, -0.2) is 6.54 Å². The number of alkyl halides is 3. The standard InChI is InChI=1S/C11H7ClF4N2/c12-4-1-5-18(7-17)8-2-3-10(13)9(6-8)11(14,15)16/h1-4,6H,5H2. The van der Waals surface area contributed by atoms with Gasteiger partial charge in [-0.15, -0.1) is 0 Å². The minimum absolute atomic E-state index is 0.00291. The van der Waals surface area contributed by atoms with Crippen LogP contribution in [0.2, 0.25) is 0 Å². The number of nitriles is 1. The van der Waals surface area contributed by atoms with Crippen LogP contribution in [0.4, 0.5) is 23.2 Å². The van der Waals surface area contributed by atoms with Gasteiger partial charge < -0.3 is 0 Å². The van der Waals surface area contributed by atoms with Crippen molar-refractivity contribution >= 4 is 17.3 Å². The second-order valence-electron chi connectivity index (χ2n) is 3.23. The normalized spacial score (nSPS) is 11.6. The maximum Gasteiger partial charge on any atom is 0.419 e. The van der Waals surface area contributed by atoms with Crippen LogP contribution in [0.1, 0.15) is 5.56 Å². The van der Waals surface area contributed by atoms with E-state index in [2.05, 4.69) is 0 Å². The van der Waals surface area contributed by atoms with Crippen molar-refractivity contribution in [3.8, 4) is 6.19 Å². The SMILES string of the molecule is N#CN(CC=CCl)c1ccc(F)c(C(F)(F)F)c1. The lowest BCUT2D eigenvalue weighted by Crippen LogP contribution is -2.17. The van der Waals surface area contributed by atoms with Crippen molar-refractivity contribution in [2.24, 2.45) is 0 Å². The largest absolute Gasteiger partial charge is 0.419 e. The highest BCUT2D eigenvalue weighted by atomic mass is 35.5. The van der Waals surface area contributed by atoms with Crippen molar-refractivity contribution in [3.63, 3.8) is 0 Å². The third-order valence-electron chi connectivity index (χ3n) is 2.06. The molecule has 0 N–H and O–H groups in total. The first-order valence-electron chi connectivity index (χ1n) is 4.69. The summed E-state index contributed by atoms with van der Waals surface area (Å²) in [6.07, 6.45) is -1.74. The predicted octanol–water partition coefficient (Wildman–Crippen LogP) is 3.88. The van der Waals surface area contributed by atoms with Crippen molar-refractivity contribution in [1.29, 1.82) is 5.26 Å². The van der Waals surface area contributed by atoms with Gasteiger partial charge in [0.2, 0.25) is 0 Å². The van der Waals surface area contributed by atoms with Crippen molar-refractivity contribution in [2.45, 2.75) is 6.18 Å². The maximum absolute atomic E-state index is 13.0. The molecule has 0 fully saturated rings. The van der Waals surface area contributed by atoms with E-state index in [1.165, 1.54) is 6.08 Å². The van der Waals surface area contributed by atoms with Gasteiger partial charge in [0.05, 0.1) is 17.8 Å². The van der Waals surface area contributed by atoms with E-state index in [-0.39, 0.29) is 12.2 Å². The summed E-state index contributed by atoms with van der Waals surface area (Å²) in [5, 5.41) is 8.79. The molecule has 0 aromatic heterocycles. The summed E-state index contributed by atoms with van der Waals surface area (Å²) < 4.78 is 50.4. The van der Waals surface area contributed by atoms with Gasteiger partial charge in [-0.1, -0.05) is 17.7 Å². The summed E-state index contributed by atoms with van der Waals surface area (Å²) in [5.74, 6) is -1.38. The average molecular weight is 279 g/mol. The first kappa shape index (κ1) is 14.3. The zero-order chi connectivity index (χ0) is 13.8. The van der Waals surface area contributed by atoms with E-state index in [9.17, 15) is 17.6 Å². The van der Waals surface area contributed by atoms with E-state index in [0.717, 1.165) is 16.5 Å². The smallest absolute Gasteiger partial charge is 0.276 e. The van der Waals surface area contributed by atoms with Crippen LogP contribution >= 0.6 is 11.6 Å². The van der Waals surface area contributed by atoms with E-state index in [4.69, 9.17) is 16.9 Å². The summed E-state index contributed by atoms with van der Waals surface area (Å²) >= 11 is 5.26. The summed E-state index contributed by atoms with van der Waals surface area (Å²) in [6.45, 7) is 0.00291. The number of hydrogen-bond donors (Lipinski definition) is 0. The van der Waals surface area contributed by atoms with Crippen LogP contribution in [0.15, 0.2) is 29.8 Å². The zero-order valence-corrected chi connectivity index (χ0v) is 9.63. The lowest BCUT2D eigenvalue weighted by Gasteiger charge is -2.16. The Kier molecular flexibility index (Phi) is 4.56. The molecular weight excluding hydrogens is 272 g/mol. The van der Waals surface area contributed by atoms with Crippen molar-refractivity contribution < 1.29 is 17.6 Å². The molecular formula is C11H7ClF4N2. The molecule has 0 amide bonds. The fourth-order valence-electron chi connectivity index (χ4n) is 1.25. The van der Waals surface area contributed by atoms with Crippen LogP contribution in [0.3, 0.4) is 0 Å². The number of hydrogen-bond acceptors (Lipinski definition) is 2. The van der Waals surface area contributed by atoms with Crippen LogP contribution in [0.25, 0.3) is 0 Å². The Balaban J connectivity index is 3.15. The number of nitrogens with zero attached hydrogens (tertiary/aromatic N) is 2. The Bertz CT molecular complexity index is 491. The lowest BCUT2D eigenvalue weighted by atomic mass is 10.1. The quantitative estimate of drug-likeness (QED) is 0.476. The summed E-state index contributed by atoms with van der Waals surface area (Å²) in [4.78, 5) is 0.952. The maximum atomic E-state index is 13.0. The van der Waals surface area contributed by atoms with E-state index >= 15 is 0 Å². The van der Waals surface area contributed by atoms with Crippen LogP contribution < -0.4 is 4.90 Å². The van der Waals surface area contributed by atoms with Crippen LogP contribution in [-0.2, 0) is 6.18 Å². The Morgan fingerprint density at radius 3 is 2.56 bits per heavy atom. The minimum Gasteiger partial charge on any atom is -0.276 e. The van der Waals surface area contributed by atoms with Gasteiger partial charge in [-0.3, -0.25) is 4.90 Å². The van der Waals surface area contributed by atoms with Crippen molar-refractivity contribution in [1.82, 2.24) is 0 Å². The molecule has 7 heteroatoms. The molecule has 0 heterocycles. The predicted molar refractivity (Wildman–Crippen MR) is 59.4 cm³/mol. The summed E-state index contributed by atoms with van der Waals surface area (Å²) in [6, 6.07) is 2.35.